The molecule has 0 aromatic carbocycles. The molecule has 0 aliphatic carbocycles. The van der Waals surface area contributed by atoms with E-state index in [1.165, 1.54) is 193 Å². The molecule has 0 aliphatic rings. The zero-order chi connectivity index (χ0) is 54.2. The van der Waals surface area contributed by atoms with Gasteiger partial charge in [0.15, 0.2) is 6.10 Å². The molecule has 0 N–H and O–H groups in total. The van der Waals surface area contributed by atoms with Gasteiger partial charge in [0.2, 0.25) is 0 Å². The van der Waals surface area contributed by atoms with Crippen molar-refractivity contribution in [2.24, 2.45) is 0 Å². The number of rotatable bonds is 58. The number of allylic oxidation sites excluding steroid dienone is 8. The summed E-state index contributed by atoms with van der Waals surface area (Å²) in [4.78, 5) is 37.8. The van der Waals surface area contributed by atoms with Crippen LogP contribution in [0.4, 0.5) is 0 Å². The molecule has 0 spiro atoms. The number of nitrogens with zero attached hydrogens (tertiary/aromatic N) is 1. The van der Waals surface area contributed by atoms with Crippen molar-refractivity contribution >= 4 is 19.8 Å². The van der Waals surface area contributed by atoms with E-state index < -0.39 is 26.5 Å². The van der Waals surface area contributed by atoms with Gasteiger partial charge in [0.1, 0.15) is 19.8 Å². The SMILES string of the molecule is CC/C=C\C/C=C\C/C=C\CCCCCCCC(=O)OC(COC(=O)CCCCCCCCCCCCCCCCCCCCCCCCC/C=C\CCCCCCCCCC)COP(=O)([O-])OCC[N+](C)(C)C. The molecule has 2 unspecified atom stereocenters. The van der Waals surface area contributed by atoms with Crippen molar-refractivity contribution in [2.45, 2.75) is 302 Å². The average molecular weight is 1060 g/mol. The van der Waals surface area contributed by atoms with Crippen molar-refractivity contribution in [3.05, 3.63) is 48.6 Å². The molecular weight excluding hydrogens is 942 g/mol. The molecule has 0 aliphatic heterocycles. The van der Waals surface area contributed by atoms with Gasteiger partial charge in [-0.3, -0.25) is 14.2 Å². The molecular formula is C64H120NO8P. The number of hydrogen-bond donors (Lipinski definition) is 0. The fourth-order valence-corrected chi connectivity index (χ4v) is 9.75. The third-order valence-electron chi connectivity index (χ3n) is 13.8. The monoisotopic (exact) mass is 1060 g/mol. The van der Waals surface area contributed by atoms with Gasteiger partial charge in [0, 0.05) is 12.8 Å². The molecule has 9 nitrogen and oxygen atoms in total. The van der Waals surface area contributed by atoms with Gasteiger partial charge in [-0.2, -0.15) is 0 Å². The first-order chi connectivity index (χ1) is 36.0. The molecule has 0 saturated heterocycles. The van der Waals surface area contributed by atoms with E-state index in [0.717, 1.165) is 70.6 Å². The largest absolute Gasteiger partial charge is 0.756 e. The molecule has 0 aromatic heterocycles. The zero-order valence-electron chi connectivity index (χ0n) is 49.3. The fraction of sp³-hybridized carbons (Fsp3) is 0.844. The number of carbonyl (C=O) groups is 2. The summed E-state index contributed by atoms with van der Waals surface area (Å²) in [5.41, 5.74) is 0. The number of ether oxygens (including phenoxy) is 2. The van der Waals surface area contributed by atoms with Crippen LogP contribution in [-0.2, 0) is 32.7 Å². The third kappa shape index (κ3) is 59.2. The highest BCUT2D eigenvalue weighted by Crippen LogP contribution is 2.38. The van der Waals surface area contributed by atoms with E-state index in [1.807, 2.05) is 21.1 Å². The number of phosphoric acid groups is 1. The number of likely N-dealkylation sites (N-methyl/N-ethyl adjacent to an activating group) is 1. The third-order valence-corrected chi connectivity index (χ3v) is 14.8. The summed E-state index contributed by atoms with van der Waals surface area (Å²) >= 11 is 0. The maximum absolute atomic E-state index is 12.8. The lowest BCUT2D eigenvalue weighted by atomic mass is 10.0. The van der Waals surface area contributed by atoms with E-state index in [-0.39, 0.29) is 32.0 Å². The van der Waals surface area contributed by atoms with E-state index in [0.29, 0.717) is 17.4 Å². The van der Waals surface area contributed by atoms with E-state index >= 15 is 0 Å². The summed E-state index contributed by atoms with van der Waals surface area (Å²) in [5.74, 6) is -0.843. The Bertz CT molecular complexity index is 1390. The highest BCUT2D eigenvalue weighted by atomic mass is 31.2. The van der Waals surface area contributed by atoms with Gasteiger partial charge in [-0.1, -0.05) is 262 Å². The number of quaternary nitrogens is 1. The molecule has 74 heavy (non-hydrogen) atoms. The van der Waals surface area contributed by atoms with Crippen LogP contribution in [0, 0.1) is 0 Å². The summed E-state index contributed by atoms with van der Waals surface area (Å²) in [6.45, 7) is 4.14. The highest BCUT2D eigenvalue weighted by molar-refractivity contribution is 7.45. The molecule has 0 rings (SSSR count). The summed E-state index contributed by atoms with van der Waals surface area (Å²) in [7, 11) is 1.16. The topological polar surface area (TPSA) is 111 Å². The number of esters is 2. The second kappa shape index (κ2) is 55.7. The van der Waals surface area contributed by atoms with Crippen LogP contribution in [0.5, 0.6) is 0 Å². The minimum atomic E-state index is -4.64. The molecule has 0 fully saturated rings. The Balaban J connectivity index is 3.93. The van der Waals surface area contributed by atoms with Crippen LogP contribution >= 0.6 is 7.82 Å². The first kappa shape index (κ1) is 72.0. The Labute approximate surface area is 458 Å². The average Bonchev–Trinajstić information content (AvgIpc) is 3.36. The maximum atomic E-state index is 12.8. The van der Waals surface area contributed by atoms with Crippen molar-refractivity contribution in [2.75, 3.05) is 47.5 Å². The van der Waals surface area contributed by atoms with Crippen molar-refractivity contribution in [1.82, 2.24) is 0 Å². The molecule has 0 saturated carbocycles. The number of hydrogen-bond acceptors (Lipinski definition) is 8. The molecule has 0 heterocycles. The van der Waals surface area contributed by atoms with Gasteiger partial charge in [-0.05, 0) is 70.6 Å². The van der Waals surface area contributed by atoms with Crippen molar-refractivity contribution in [3.63, 3.8) is 0 Å². The molecule has 2 atom stereocenters. The molecule has 0 radical (unpaired) electrons. The second-order valence-electron chi connectivity index (χ2n) is 22.4. The molecule has 0 bridgehead atoms. The smallest absolute Gasteiger partial charge is 0.306 e. The maximum Gasteiger partial charge on any atom is 0.306 e. The normalized spacial score (nSPS) is 13.5. The Kier molecular flexibility index (Phi) is 54.2. The van der Waals surface area contributed by atoms with Crippen molar-refractivity contribution in [1.29, 1.82) is 0 Å². The molecule has 10 heteroatoms. The fourth-order valence-electron chi connectivity index (χ4n) is 9.02. The van der Waals surface area contributed by atoms with Gasteiger partial charge in [-0.25, -0.2) is 0 Å². The van der Waals surface area contributed by atoms with Crippen LogP contribution in [0.2, 0.25) is 0 Å². The Hall–Kier alpha value is -2.03. The molecule has 434 valence electrons. The second-order valence-corrected chi connectivity index (χ2v) is 23.8. The zero-order valence-corrected chi connectivity index (χ0v) is 50.2. The van der Waals surface area contributed by atoms with Crippen LogP contribution in [0.3, 0.4) is 0 Å². The van der Waals surface area contributed by atoms with Gasteiger partial charge < -0.3 is 27.9 Å². The first-order valence-electron chi connectivity index (χ1n) is 31.3. The van der Waals surface area contributed by atoms with Crippen LogP contribution in [0.1, 0.15) is 296 Å². The number of carbonyl (C=O) groups excluding carboxylic acids is 2. The predicted octanol–water partition coefficient (Wildman–Crippen LogP) is 19.1. The first-order valence-corrected chi connectivity index (χ1v) is 32.8. The number of unbranched alkanes of at least 4 members (excludes halogenated alkanes) is 36. The Morgan fingerprint density at radius 3 is 1.16 bits per heavy atom. The van der Waals surface area contributed by atoms with Crippen LogP contribution < -0.4 is 4.89 Å². The van der Waals surface area contributed by atoms with Gasteiger partial charge in [-0.15, -0.1) is 0 Å². The van der Waals surface area contributed by atoms with Gasteiger partial charge in [0.05, 0.1) is 27.7 Å². The lowest BCUT2D eigenvalue weighted by Crippen LogP contribution is -2.37. The summed E-state index contributed by atoms with van der Waals surface area (Å²) in [6.07, 6.45) is 70.6. The lowest BCUT2D eigenvalue weighted by molar-refractivity contribution is -0.870. The predicted molar refractivity (Wildman–Crippen MR) is 314 cm³/mol. The number of phosphoric ester groups is 1. The van der Waals surface area contributed by atoms with Gasteiger partial charge >= 0.3 is 11.9 Å². The van der Waals surface area contributed by atoms with Crippen LogP contribution in [0.25, 0.3) is 0 Å². The Morgan fingerprint density at radius 1 is 0.432 bits per heavy atom. The standard InChI is InChI=1S/C64H120NO8P/c1-6-8-10-12-14-16-18-20-22-23-24-25-26-27-28-29-30-31-32-33-34-35-36-37-38-39-40-41-43-44-46-48-50-52-54-56-63(66)70-60-62(61-72-74(68,69)71-59-58-65(3,4)5)73-64(67)57-55-53-51-49-47-45-42-21-19-17-15-13-11-9-7-2/h9,11,15,17,21,23-24,42,62H,6-8,10,12-14,16,18-20,22,25-41,43-61H2,1-5H3/b11-9-,17-15-,24-23-,42-21-. The minimum Gasteiger partial charge on any atom is -0.756 e. The van der Waals surface area contributed by atoms with E-state index in [9.17, 15) is 19.0 Å². The molecule has 0 amide bonds. The Morgan fingerprint density at radius 2 is 0.770 bits per heavy atom. The summed E-state index contributed by atoms with van der Waals surface area (Å²) in [6, 6.07) is 0. The van der Waals surface area contributed by atoms with E-state index in [2.05, 4.69) is 62.5 Å². The van der Waals surface area contributed by atoms with Crippen LogP contribution in [-0.4, -0.2) is 70.0 Å². The molecule has 0 aromatic rings. The van der Waals surface area contributed by atoms with E-state index in [4.69, 9.17) is 18.5 Å². The lowest BCUT2D eigenvalue weighted by Gasteiger charge is -2.28. The summed E-state index contributed by atoms with van der Waals surface area (Å²) in [5, 5.41) is 0. The van der Waals surface area contributed by atoms with Crippen molar-refractivity contribution in [3.8, 4) is 0 Å². The van der Waals surface area contributed by atoms with Crippen LogP contribution in [0.15, 0.2) is 48.6 Å². The quantitative estimate of drug-likeness (QED) is 0.0195. The highest BCUT2D eigenvalue weighted by Gasteiger charge is 2.22. The minimum absolute atomic E-state index is 0.0342. The van der Waals surface area contributed by atoms with E-state index in [1.54, 1.807) is 0 Å². The summed E-state index contributed by atoms with van der Waals surface area (Å²) < 4.78 is 34.1. The van der Waals surface area contributed by atoms with Crippen molar-refractivity contribution < 1.29 is 42.1 Å². The van der Waals surface area contributed by atoms with Gasteiger partial charge in [0.25, 0.3) is 7.82 Å².